The summed E-state index contributed by atoms with van der Waals surface area (Å²) in [6.45, 7) is 6.71. The first-order valence-electron chi connectivity index (χ1n) is 7.89. The van der Waals surface area contributed by atoms with E-state index in [1.165, 1.54) is 26.5 Å². The summed E-state index contributed by atoms with van der Waals surface area (Å²) in [6, 6.07) is 4.21. The Balaban J connectivity index is 1.90. The van der Waals surface area contributed by atoms with Crippen LogP contribution >= 0.6 is 0 Å². The maximum atomic E-state index is 11.6. The van der Waals surface area contributed by atoms with E-state index >= 15 is 0 Å². The lowest BCUT2D eigenvalue weighted by atomic mass is 9.96. The Morgan fingerprint density at radius 1 is 1.45 bits per heavy atom. The SMILES string of the molecule is COC(=O)c1ccn2c(C3CCCN(C(C)C)C3)ncc2c1. The first kappa shape index (κ1) is 15.0. The van der Waals surface area contributed by atoms with E-state index in [-0.39, 0.29) is 5.97 Å². The molecule has 0 saturated carbocycles. The smallest absolute Gasteiger partial charge is 0.337 e. The molecule has 1 aliphatic heterocycles. The predicted molar refractivity (Wildman–Crippen MR) is 85.2 cm³/mol. The lowest BCUT2D eigenvalue weighted by Crippen LogP contribution is -2.39. The van der Waals surface area contributed by atoms with Crippen LogP contribution in [0.3, 0.4) is 0 Å². The number of pyridine rings is 1. The first-order chi connectivity index (χ1) is 10.6. The molecule has 0 aliphatic carbocycles. The van der Waals surface area contributed by atoms with Crippen molar-refractivity contribution in [1.82, 2.24) is 14.3 Å². The van der Waals surface area contributed by atoms with Crippen LogP contribution in [0.4, 0.5) is 0 Å². The molecule has 1 fully saturated rings. The Bertz CT molecular complexity index is 678. The molecule has 1 atom stereocenters. The zero-order valence-electron chi connectivity index (χ0n) is 13.5. The summed E-state index contributed by atoms with van der Waals surface area (Å²) in [7, 11) is 1.40. The minimum Gasteiger partial charge on any atom is -0.465 e. The highest BCUT2D eigenvalue weighted by molar-refractivity contribution is 5.90. The van der Waals surface area contributed by atoms with Crippen molar-refractivity contribution in [3.05, 3.63) is 35.9 Å². The van der Waals surface area contributed by atoms with E-state index in [0.717, 1.165) is 17.9 Å². The number of piperidine rings is 1. The number of esters is 1. The van der Waals surface area contributed by atoms with Gasteiger partial charge in [-0.1, -0.05) is 0 Å². The summed E-state index contributed by atoms with van der Waals surface area (Å²) in [6.07, 6.45) is 6.15. The van der Waals surface area contributed by atoms with E-state index in [0.29, 0.717) is 17.5 Å². The molecule has 2 aromatic rings. The molecular weight excluding hydrogens is 278 g/mol. The van der Waals surface area contributed by atoms with E-state index in [2.05, 4.69) is 28.1 Å². The van der Waals surface area contributed by atoms with Gasteiger partial charge in [-0.05, 0) is 45.4 Å². The largest absolute Gasteiger partial charge is 0.465 e. The molecule has 0 aromatic carbocycles. The number of carbonyl (C=O) groups is 1. The third kappa shape index (κ3) is 2.73. The fraction of sp³-hybridized carbons (Fsp3) is 0.529. The van der Waals surface area contributed by atoms with Gasteiger partial charge >= 0.3 is 5.97 Å². The number of carbonyl (C=O) groups excluding carboxylic acids is 1. The second-order valence-corrected chi connectivity index (χ2v) is 6.25. The average Bonchev–Trinajstić information content (AvgIpc) is 2.97. The quantitative estimate of drug-likeness (QED) is 0.818. The molecule has 1 unspecified atom stereocenters. The number of hydrogen-bond donors (Lipinski definition) is 0. The molecule has 1 saturated heterocycles. The Kier molecular flexibility index (Phi) is 4.16. The van der Waals surface area contributed by atoms with Crippen LogP contribution in [0, 0.1) is 0 Å². The standard InChI is InChI=1S/C17H23N3O2/c1-12(2)19-7-4-5-14(11-19)16-18-10-15-9-13(17(21)22-3)6-8-20(15)16/h6,8-10,12,14H,4-5,7,11H2,1-3H3. The lowest BCUT2D eigenvalue weighted by Gasteiger charge is -2.34. The van der Waals surface area contributed by atoms with Gasteiger partial charge in [0.1, 0.15) is 5.82 Å². The molecule has 0 bridgehead atoms. The maximum Gasteiger partial charge on any atom is 0.337 e. The van der Waals surface area contributed by atoms with Crippen LogP contribution in [-0.4, -0.2) is 46.5 Å². The van der Waals surface area contributed by atoms with E-state index in [1.807, 2.05) is 18.5 Å². The monoisotopic (exact) mass is 301 g/mol. The molecule has 2 aromatic heterocycles. The number of aromatic nitrogens is 2. The number of likely N-dealkylation sites (tertiary alicyclic amines) is 1. The highest BCUT2D eigenvalue weighted by Crippen LogP contribution is 2.28. The number of imidazole rings is 1. The third-order valence-corrected chi connectivity index (χ3v) is 4.53. The Hall–Kier alpha value is -1.88. The molecule has 5 nitrogen and oxygen atoms in total. The molecule has 5 heteroatoms. The summed E-state index contributed by atoms with van der Waals surface area (Å²) in [5.41, 5.74) is 1.51. The van der Waals surface area contributed by atoms with Crippen LogP contribution in [0.5, 0.6) is 0 Å². The number of nitrogens with zero attached hydrogens (tertiary/aromatic N) is 3. The predicted octanol–water partition coefficient (Wildman–Crippen LogP) is 2.71. The van der Waals surface area contributed by atoms with Gasteiger partial charge in [-0.3, -0.25) is 0 Å². The lowest BCUT2D eigenvalue weighted by molar-refractivity contribution is 0.0600. The summed E-state index contributed by atoms with van der Waals surface area (Å²) in [4.78, 5) is 18.8. The van der Waals surface area contributed by atoms with Crippen LogP contribution in [0.15, 0.2) is 24.5 Å². The molecule has 3 heterocycles. The second kappa shape index (κ2) is 6.08. The molecule has 0 amide bonds. The van der Waals surface area contributed by atoms with Crippen LogP contribution in [0.25, 0.3) is 5.52 Å². The van der Waals surface area contributed by atoms with E-state index in [9.17, 15) is 4.79 Å². The number of rotatable bonds is 3. The minimum atomic E-state index is -0.311. The summed E-state index contributed by atoms with van der Waals surface area (Å²) < 4.78 is 6.87. The van der Waals surface area contributed by atoms with Crippen LogP contribution < -0.4 is 0 Å². The van der Waals surface area contributed by atoms with Gasteiger partial charge in [-0.2, -0.15) is 0 Å². The van der Waals surface area contributed by atoms with Crippen molar-refractivity contribution < 1.29 is 9.53 Å². The van der Waals surface area contributed by atoms with Crippen molar-refractivity contribution in [2.24, 2.45) is 0 Å². The van der Waals surface area contributed by atoms with Gasteiger partial charge in [0.25, 0.3) is 0 Å². The van der Waals surface area contributed by atoms with Gasteiger partial charge in [0.2, 0.25) is 0 Å². The van der Waals surface area contributed by atoms with E-state index < -0.39 is 0 Å². The fourth-order valence-electron chi connectivity index (χ4n) is 3.25. The summed E-state index contributed by atoms with van der Waals surface area (Å²) >= 11 is 0. The Morgan fingerprint density at radius 3 is 3.00 bits per heavy atom. The van der Waals surface area contributed by atoms with Crippen LogP contribution in [0.1, 0.15) is 48.8 Å². The van der Waals surface area contributed by atoms with Gasteiger partial charge in [-0.25, -0.2) is 9.78 Å². The average molecular weight is 301 g/mol. The molecular formula is C17H23N3O2. The Morgan fingerprint density at radius 2 is 2.27 bits per heavy atom. The molecule has 0 spiro atoms. The van der Waals surface area contributed by atoms with Crippen molar-refractivity contribution in [2.45, 2.75) is 38.6 Å². The van der Waals surface area contributed by atoms with Crippen molar-refractivity contribution in [1.29, 1.82) is 0 Å². The highest BCUT2D eigenvalue weighted by atomic mass is 16.5. The number of ether oxygens (including phenoxy) is 1. The third-order valence-electron chi connectivity index (χ3n) is 4.53. The zero-order chi connectivity index (χ0) is 15.7. The molecule has 0 N–H and O–H groups in total. The molecule has 22 heavy (non-hydrogen) atoms. The van der Waals surface area contributed by atoms with E-state index in [4.69, 9.17) is 4.74 Å². The normalized spacial score (nSPS) is 19.7. The maximum absolute atomic E-state index is 11.6. The van der Waals surface area contributed by atoms with Crippen LogP contribution in [-0.2, 0) is 4.74 Å². The number of methoxy groups -OCH3 is 1. The molecule has 0 radical (unpaired) electrons. The summed E-state index contributed by atoms with van der Waals surface area (Å²) in [5, 5.41) is 0. The minimum absolute atomic E-state index is 0.311. The van der Waals surface area contributed by atoms with Gasteiger partial charge in [0.15, 0.2) is 0 Å². The van der Waals surface area contributed by atoms with Gasteiger partial charge in [0, 0.05) is 24.7 Å². The van der Waals surface area contributed by atoms with Crippen LogP contribution in [0.2, 0.25) is 0 Å². The van der Waals surface area contributed by atoms with Crippen molar-refractivity contribution in [2.75, 3.05) is 20.2 Å². The van der Waals surface area contributed by atoms with Gasteiger partial charge < -0.3 is 14.0 Å². The molecule has 1 aliphatic rings. The van der Waals surface area contributed by atoms with Gasteiger partial charge in [-0.15, -0.1) is 0 Å². The summed E-state index contributed by atoms with van der Waals surface area (Å²) in [5.74, 6) is 1.23. The topological polar surface area (TPSA) is 46.8 Å². The number of hydrogen-bond acceptors (Lipinski definition) is 4. The Labute approximate surface area is 130 Å². The number of fused-ring (bicyclic) bond motifs is 1. The van der Waals surface area contributed by atoms with Crippen molar-refractivity contribution >= 4 is 11.5 Å². The highest BCUT2D eigenvalue weighted by Gasteiger charge is 2.25. The van der Waals surface area contributed by atoms with E-state index in [1.54, 1.807) is 6.07 Å². The van der Waals surface area contributed by atoms with Crippen molar-refractivity contribution in [3.8, 4) is 0 Å². The van der Waals surface area contributed by atoms with Crippen molar-refractivity contribution in [3.63, 3.8) is 0 Å². The zero-order valence-corrected chi connectivity index (χ0v) is 13.5. The first-order valence-corrected chi connectivity index (χ1v) is 7.89. The molecule has 3 rings (SSSR count). The fourth-order valence-corrected chi connectivity index (χ4v) is 3.25. The molecule has 118 valence electrons. The second-order valence-electron chi connectivity index (χ2n) is 6.25. The van der Waals surface area contributed by atoms with Gasteiger partial charge in [0.05, 0.1) is 24.4 Å².